The van der Waals surface area contributed by atoms with Gasteiger partial charge in [-0.05, 0) is 60.7 Å². The first-order valence-electron chi connectivity index (χ1n) is 12.3. The number of nitrogens with zero attached hydrogens (tertiary/aromatic N) is 2. The Bertz CT molecular complexity index is 1490. The molecule has 198 valence electrons. The lowest BCUT2D eigenvalue weighted by Gasteiger charge is -2.25. The number of anilines is 1. The Kier molecular flexibility index (Phi) is 7.64. The highest BCUT2D eigenvalue weighted by atomic mass is 32.1. The number of rotatable bonds is 8. The number of amides is 1. The number of para-hydroxylation sites is 1. The van der Waals surface area contributed by atoms with Gasteiger partial charge in [0, 0.05) is 24.7 Å². The van der Waals surface area contributed by atoms with Gasteiger partial charge in [-0.25, -0.2) is 9.18 Å². The number of pyridine rings is 1. The van der Waals surface area contributed by atoms with Gasteiger partial charge in [0.1, 0.15) is 23.4 Å². The molecule has 1 aliphatic heterocycles. The number of hydrogen-bond acceptors (Lipinski definition) is 6. The summed E-state index contributed by atoms with van der Waals surface area (Å²) in [5, 5.41) is 6.39. The van der Waals surface area contributed by atoms with Crippen molar-refractivity contribution in [2.75, 3.05) is 19.0 Å². The lowest BCUT2D eigenvalue weighted by molar-refractivity contribution is -0.116. The van der Waals surface area contributed by atoms with Crippen molar-refractivity contribution in [1.82, 2.24) is 15.2 Å². The van der Waals surface area contributed by atoms with Crippen molar-refractivity contribution in [3.63, 3.8) is 0 Å². The molecule has 39 heavy (non-hydrogen) atoms. The van der Waals surface area contributed by atoms with Crippen molar-refractivity contribution in [3.8, 4) is 11.3 Å². The second kappa shape index (κ2) is 11.4. The minimum absolute atomic E-state index is 0.0736. The lowest BCUT2D eigenvalue weighted by Crippen LogP contribution is -2.32. The van der Waals surface area contributed by atoms with Crippen molar-refractivity contribution in [2.24, 2.45) is 0 Å². The van der Waals surface area contributed by atoms with Gasteiger partial charge in [-0.15, -0.1) is 0 Å². The average molecular weight is 545 g/mol. The van der Waals surface area contributed by atoms with Crippen LogP contribution in [0, 0.1) is 5.82 Å². The molecule has 3 heterocycles. The van der Waals surface area contributed by atoms with Crippen molar-refractivity contribution in [2.45, 2.75) is 18.5 Å². The highest BCUT2D eigenvalue weighted by molar-refractivity contribution is 7.80. The van der Waals surface area contributed by atoms with Crippen LogP contribution < -0.4 is 10.6 Å². The first kappa shape index (κ1) is 26.1. The summed E-state index contributed by atoms with van der Waals surface area (Å²) in [4.78, 5) is 30.9. The number of methoxy groups -OCH3 is 1. The fraction of sp³-hybridized carbons (Fsp3) is 0.172. The molecule has 1 saturated heterocycles. The van der Waals surface area contributed by atoms with Crippen LogP contribution in [0.5, 0.6) is 0 Å². The van der Waals surface area contributed by atoms with Gasteiger partial charge in [0.05, 0.1) is 30.1 Å². The summed E-state index contributed by atoms with van der Waals surface area (Å²) in [5.74, 6) is -0.0234. The zero-order chi connectivity index (χ0) is 27.4. The predicted molar refractivity (Wildman–Crippen MR) is 147 cm³/mol. The van der Waals surface area contributed by atoms with E-state index in [1.165, 1.54) is 19.2 Å². The third kappa shape index (κ3) is 5.65. The Morgan fingerprint density at radius 2 is 1.85 bits per heavy atom. The maximum Gasteiger partial charge on any atom is 0.337 e. The third-order valence-corrected chi connectivity index (χ3v) is 6.79. The Labute approximate surface area is 229 Å². The summed E-state index contributed by atoms with van der Waals surface area (Å²) in [6.45, 7) is 0.268. The smallest absolute Gasteiger partial charge is 0.337 e. The topological polar surface area (TPSA) is 96.7 Å². The van der Waals surface area contributed by atoms with Gasteiger partial charge in [-0.3, -0.25) is 9.78 Å². The quantitative estimate of drug-likeness (QED) is 0.229. The molecule has 2 aromatic heterocycles. The number of halogens is 1. The Balaban J connectivity index is 1.39. The number of furan rings is 1. The van der Waals surface area contributed by atoms with Crippen LogP contribution in [-0.2, 0) is 9.53 Å². The van der Waals surface area contributed by atoms with E-state index in [2.05, 4.69) is 15.6 Å². The summed E-state index contributed by atoms with van der Waals surface area (Å²) in [7, 11) is 1.34. The van der Waals surface area contributed by atoms with E-state index in [0.29, 0.717) is 22.2 Å². The molecule has 1 fully saturated rings. The minimum Gasteiger partial charge on any atom is -0.465 e. The number of hydrogen-bond donors (Lipinski definition) is 2. The standard InChI is InChI=1S/C29H25FN4O4S/c1-37-28(36)19-11-9-18(10-12-19)23-13-14-24(38-23)27-26(22-8-4-5-16-31-22)33-29(39)34(27)17-15-25(35)32-21-7-3-2-6-20(21)30/h2-14,16,26-27H,15,17H2,1H3,(H,32,35)(H,33,39)/t26-,27+/m1/s1. The number of benzene rings is 2. The Morgan fingerprint density at radius 1 is 1.08 bits per heavy atom. The highest BCUT2D eigenvalue weighted by Crippen LogP contribution is 2.40. The third-order valence-electron chi connectivity index (χ3n) is 6.43. The number of carbonyl (C=O) groups is 2. The molecule has 2 aromatic carbocycles. The second-order valence-electron chi connectivity index (χ2n) is 8.87. The number of carbonyl (C=O) groups excluding carboxylic acids is 2. The molecular formula is C29H25FN4O4S. The monoisotopic (exact) mass is 544 g/mol. The fourth-order valence-electron chi connectivity index (χ4n) is 4.51. The molecule has 1 amide bonds. The maximum atomic E-state index is 14.0. The average Bonchev–Trinajstić information content (AvgIpc) is 3.58. The summed E-state index contributed by atoms with van der Waals surface area (Å²) < 4.78 is 25.1. The zero-order valence-electron chi connectivity index (χ0n) is 21.0. The molecule has 5 rings (SSSR count). The lowest BCUT2D eigenvalue weighted by atomic mass is 10.0. The van der Waals surface area contributed by atoms with Gasteiger partial charge in [-0.2, -0.15) is 0 Å². The summed E-state index contributed by atoms with van der Waals surface area (Å²) in [6.07, 6.45) is 1.78. The molecule has 1 aliphatic rings. The zero-order valence-corrected chi connectivity index (χ0v) is 21.8. The molecule has 4 aromatic rings. The van der Waals surface area contributed by atoms with Crippen LogP contribution >= 0.6 is 12.2 Å². The number of ether oxygens (including phenoxy) is 1. The molecule has 0 bridgehead atoms. The number of thiocarbonyl (C=S) groups is 1. The van der Waals surface area contributed by atoms with Crippen molar-refractivity contribution < 1.29 is 23.1 Å². The molecule has 0 saturated carbocycles. The maximum absolute atomic E-state index is 14.0. The summed E-state index contributed by atoms with van der Waals surface area (Å²) in [6, 6.07) is 21.6. The van der Waals surface area contributed by atoms with Crippen molar-refractivity contribution in [1.29, 1.82) is 0 Å². The minimum atomic E-state index is -0.500. The number of nitrogens with one attached hydrogen (secondary N) is 2. The van der Waals surface area contributed by atoms with E-state index < -0.39 is 17.8 Å². The van der Waals surface area contributed by atoms with Crippen LogP contribution in [0.3, 0.4) is 0 Å². The Hall–Kier alpha value is -4.57. The Morgan fingerprint density at radius 3 is 2.56 bits per heavy atom. The van der Waals surface area contributed by atoms with Gasteiger partial charge in [0.2, 0.25) is 5.91 Å². The molecule has 0 spiro atoms. The van der Waals surface area contributed by atoms with Crippen LogP contribution in [0.4, 0.5) is 10.1 Å². The van der Waals surface area contributed by atoms with E-state index >= 15 is 0 Å². The first-order valence-corrected chi connectivity index (χ1v) is 12.7. The molecular weight excluding hydrogens is 519 g/mol. The second-order valence-corrected chi connectivity index (χ2v) is 9.26. The summed E-state index contributed by atoms with van der Waals surface area (Å²) in [5.41, 5.74) is 2.12. The molecule has 2 atom stereocenters. The number of esters is 1. The van der Waals surface area contributed by atoms with E-state index in [9.17, 15) is 14.0 Å². The normalized spacial score (nSPS) is 16.6. The van der Waals surface area contributed by atoms with Gasteiger partial charge >= 0.3 is 5.97 Å². The van der Waals surface area contributed by atoms with E-state index in [4.69, 9.17) is 21.4 Å². The molecule has 10 heteroatoms. The van der Waals surface area contributed by atoms with Gasteiger partial charge in [0.25, 0.3) is 0 Å². The highest BCUT2D eigenvalue weighted by Gasteiger charge is 2.41. The largest absolute Gasteiger partial charge is 0.465 e. The van der Waals surface area contributed by atoms with Gasteiger partial charge in [-0.1, -0.05) is 30.3 Å². The van der Waals surface area contributed by atoms with Crippen LogP contribution in [0.15, 0.2) is 89.5 Å². The van der Waals surface area contributed by atoms with Crippen molar-refractivity contribution >= 4 is 34.9 Å². The van der Waals surface area contributed by atoms with E-state index in [1.807, 2.05) is 35.2 Å². The summed E-state index contributed by atoms with van der Waals surface area (Å²) >= 11 is 5.66. The van der Waals surface area contributed by atoms with Crippen molar-refractivity contribution in [3.05, 3.63) is 108 Å². The SMILES string of the molecule is COC(=O)c1ccc(-c2ccc([C@H]3[C@@H](c4ccccn4)NC(=S)N3CCC(=O)Nc3ccccc3F)o2)cc1. The molecule has 0 aliphatic carbocycles. The molecule has 8 nitrogen and oxygen atoms in total. The number of aromatic nitrogens is 1. The molecule has 2 N–H and O–H groups in total. The van der Waals surface area contributed by atoms with Gasteiger partial charge < -0.3 is 24.7 Å². The predicted octanol–water partition coefficient (Wildman–Crippen LogP) is 5.27. The van der Waals surface area contributed by atoms with Crippen LogP contribution in [-0.4, -0.2) is 40.5 Å². The van der Waals surface area contributed by atoms with Crippen LogP contribution in [0.25, 0.3) is 11.3 Å². The van der Waals surface area contributed by atoms with E-state index in [0.717, 1.165) is 11.3 Å². The van der Waals surface area contributed by atoms with Crippen LogP contribution in [0.2, 0.25) is 0 Å². The first-order chi connectivity index (χ1) is 18.9. The fourth-order valence-corrected chi connectivity index (χ4v) is 4.84. The van der Waals surface area contributed by atoms with E-state index in [1.54, 1.807) is 42.6 Å². The van der Waals surface area contributed by atoms with Gasteiger partial charge in [0.15, 0.2) is 5.11 Å². The molecule has 0 radical (unpaired) electrons. The van der Waals surface area contributed by atoms with Crippen LogP contribution in [0.1, 0.15) is 40.3 Å². The van der Waals surface area contributed by atoms with E-state index in [-0.39, 0.29) is 30.6 Å². The molecule has 0 unspecified atom stereocenters.